The van der Waals surface area contributed by atoms with Gasteiger partial charge < -0.3 is 10.5 Å². The highest BCUT2D eigenvalue weighted by molar-refractivity contribution is 4.90. The molecule has 0 radical (unpaired) electrons. The zero-order valence-corrected chi connectivity index (χ0v) is 11.4. The maximum atomic E-state index is 6.04. The van der Waals surface area contributed by atoms with Crippen molar-refractivity contribution in [3.8, 4) is 0 Å². The lowest BCUT2D eigenvalue weighted by atomic mass is 9.95. The molecule has 4 unspecified atom stereocenters. The van der Waals surface area contributed by atoms with Crippen LogP contribution in [0.5, 0.6) is 0 Å². The smallest absolute Gasteiger partial charge is 0.0747 e. The third kappa shape index (κ3) is 3.01. The van der Waals surface area contributed by atoms with E-state index in [0.29, 0.717) is 18.2 Å². The van der Waals surface area contributed by atoms with Crippen LogP contribution < -0.4 is 5.73 Å². The summed E-state index contributed by atoms with van der Waals surface area (Å²) in [5.41, 5.74) is 6.02. The Hall–Kier alpha value is -0.120. The highest BCUT2D eigenvalue weighted by atomic mass is 16.5. The summed E-state index contributed by atoms with van der Waals surface area (Å²) in [5, 5.41) is 0. The van der Waals surface area contributed by atoms with Crippen LogP contribution in [-0.2, 0) is 4.74 Å². The number of ether oxygens (including phenoxy) is 1. The Bertz CT molecular complexity index is 234. The summed E-state index contributed by atoms with van der Waals surface area (Å²) in [5.74, 6) is 0. The number of rotatable bonds is 4. The van der Waals surface area contributed by atoms with Gasteiger partial charge in [0.05, 0.1) is 12.2 Å². The van der Waals surface area contributed by atoms with Gasteiger partial charge >= 0.3 is 0 Å². The molecule has 0 amide bonds. The van der Waals surface area contributed by atoms with Gasteiger partial charge in [0.2, 0.25) is 0 Å². The molecule has 0 bridgehead atoms. The van der Waals surface area contributed by atoms with Crippen LogP contribution in [0, 0.1) is 0 Å². The Labute approximate surface area is 106 Å². The first-order valence-electron chi connectivity index (χ1n) is 7.37. The van der Waals surface area contributed by atoms with Crippen LogP contribution in [0.4, 0.5) is 0 Å². The highest BCUT2D eigenvalue weighted by Crippen LogP contribution is 2.29. The Morgan fingerprint density at radius 1 is 1.29 bits per heavy atom. The SMILES string of the molecule is CCC1CCCCN1C(CN)C1CCC(C)O1. The van der Waals surface area contributed by atoms with E-state index in [1.54, 1.807) is 0 Å². The van der Waals surface area contributed by atoms with Crippen LogP contribution in [0.25, 0.3) is 0 Å². The molecule has 17 heavy (non-hydrogen) atoms. The van der Waals surface area contributed by atoms with Crippen molar-refractivity contribution in [3.63, 3.8) is 0 Å². The molecule has 2 saturated heterocycles. The largest absolute Gasteiger partial charge is 0.374 e. The fourth-order valence-corrected chi connectivity index (χ4v) is 3.52. The molecule has 100 valence electrons. The summed E-state index contributed by atoms with van der Waals surface area (Å²) < 4.78 is 6.04. The second kappa shape index (κ2) is 6.17. The van der Waals surface area contributed by atoms with E-state index in [1.165, 1.54) is 45.1 Å². The van der Waals surface area contributed by atoms with E-state index >= 15 is 0 Å². The molecule has 2 rings (SSSR count). The summed E-state index contributed by atoms with van der Waals surface area (Å²) in [4.78, 5) is 2.65. The minimum Gasteiger partial charge on any atom is -0.374 e. The molecule has 0 saturated carbocycles. The molecular weight excluding hydrogens is 212 g/mol. The third-order valence-corrected chi connectivity index (χ3v) is 4.51. The predicted octanol–water partition coefficient (Wildman–Crippen LogP) is 2.15. The number of nitrogens with zero attached hydrogens (tertiary/aromatic N) is 1. The lowest BCUT2D eigenvalue weighted by Crippen LogP contribution is -2.54. The number of piperidine rings is 1. The lowest BCUT2D eigenvalue weighted by molar-refractivity contribution is -0.0272. The van der Waals surface area contributed by atoms with Gasteiger partial charge in [0.15, 0.2) is 0 Å². The summed E-state index contributed by atoms with van der Waals surface area (Å²) in [6.45, 7) is 6.44. The lowest BCUT2D eigenvalue weighted by Gasteiger charge is -2.42. The maximum absolute atomic E-state index is 6.04. The molecular formula is C14H28N2O. The fraction of sp³-hybridized carbons (Fsp3) is 1.00. The van der Waals surface area contributed by atoms with Crippen LogP contribution in [0.15, 0.2) is 0 Å². The number of nitrogens with two attached hydrogens (primary N) is 1. The fourth-order valence-electron chi connectivity index (χ4n) is 3.52. The molecule has 3 nitrogen and oxygen atoms in total. The second-order valence-electron chi connectivity index (χ2n) is 5.66. The normalized spacial score (nSPS) is 37.2. The van der Waals surface area contributed by atoms with Crippen molar-refractivity contribution < 1.29 is 4.74 Å². The Morgan fingerprint density at radius 3 is 2.71 bits per heavy atom. The predicted molar refractivity (Wildman–Crippen MR) is 71.0 cm³/mol. The van der Waals surface area contributed by atoms with Crippen LogP contribution in [0.3, 0.4) is 0 Å². The van der Waals surface area contributed by atoms with Crippen molar-refractivity contribution in [3.05, 3.63) is 0 Å². The summed E-state index contributed by atoms with van der Waals surface area (Å²) >= 11 is 0. The average molecular weight is 240 g/mol. The van der Waals surface area contributed by atoms with E-state index < -0.39 is 0 Å². The zero-order chi connectivity index (χ0) is 12.3. The van der Waals surface area contributed by atoms with Crippen LogP contribution in [0.2, 0.25) is 0 Å². The average Bonchev–Trinajstić information content (AvgIpc) is 2.77. The van der Waals surface area contributed by atoms with Gasteiger partial charge in [0, 0.05) is 18.6 Å². The molecule has 0 aromatic carbocycles. The van der Waals surface area contributed by atoms with Crippen molar-refractivity contribution in [2.24, 2.45) is 5.73 Å². The first-order chi connectivity index (χ1) is 8.26. The molecule has 2 aliphatic heterocycles. The monoisotopic (exact) mass is 240 g/mol. The van der Waals surface area contributed by atoms with E-state index in [2.05, 4.69) is 18.7 Å². The first kappa shape index (κ1) is 13.3. The minimum absolute atomic E-state index is 0.377. The first-order valence-corrected chi connectivity index (χ1v) is 7.37. The zero-order valence-electron chi connectivity index (χ0n) is 11.4. The van der Waals surface area contributed by atoms with Gasteiger partial charge in [-0.2, -0.15) is 0 Å². The van der Waals surface area contributed by atoms with Gasteiger partial charge in [-0.3, -0.25) is 4.90 Å². The molecule has 2 fully saturated rings. The Balaban J connectivity index is 2.00. The molecule has 3 heteroatoms. The number of hydrogen-bond donors (Lipinski definition) is 1. The quantitative estimate of drug-likeness (QED) is 0.818. The van der Waals surface area contributed by atoms with Gasteiger partial charge in [-0.15, -0.1) is 0 Å². The molecule has 4 atom stereocenters. The Kier molecular flexibility index (Phi) is 4.83. The molecule has 0 aromatic heterocycles. The molecule has 0 aliphatic carbocycles. The molecule has 0 aromatic rings. The van der Waals surface area contributed by atoms with Gasteiger partial charge in [-0.25, -0.2) is 0 Å². The second-order valence-corrected chi connectivity index (χ2v) is 5.66. The number of hydrogen-bond acceptors (Lipinski definition) is 3. The summed E-state index contributed by atoms with van der Waals surface area (Å²) in [6.07, 6.45) is 8.50. The van der Waals surface area contributed by atoms with Gasteiger partial charge in [-0.05, 0) is 45.6 Å². The van der Waals surface area contributed by atoms with Crippen molar-refractivity contribution in [2.75, 3.05) is 13.1 Å². The molecule has 2 aliphatic rings. The van der Waals surface area contributed by atoms with Crippen LogP contribution >= 0.6 is 0 Å². The molecule has 2 N–H and O–H groups in total. The van der Waals surface area contributed by atoms with Gasteiger partial charge in [0.25, 0.3) is 0 Å². The Morgan fingerprint density at radius 2 is 2.12 bits per heavy atom. The highest BCUT2D eigenvalue weighted by Gasteiger charge is 2.36. The van der Waals surface area contributed by atoms with E-state index in [1.807, 2.05) is 0 Å². The van der Waals surface area contributed by atoms with E-state index in [9.17, 15) is 0 Å². The summed E-state index contributed by atoms with van der Waals surface area (Å²) in [7, 11) is 0. The van der Waals surface area contributed by atoms with Gasteiger partial charge in [0.1, 0.15) is 0 Å². The van der Waals surface area contributed by atoms with E-state index in [-0.39, 0.29) is 0 Å². The van der Waals surface area contributed by atoms with Gasteiger partial charge in [-0.1, -0.05) is 13.3 Å². The van der Waals surface area contributed by atoms with Crippen molar-refractivity contribution in [2.45, 2.75) is 76.7 Å². The minimum atomic E-state index is 0.377. The van der Waals surface area contributed by atoms with E-state index in [0.717, 1.165) is 12.6 Å². The van der Waals surface area contributed by atoms with Crippen molar-refractivity contribution >= 4 is 0 Å². The van der Waals surface area contributed by atoms with Crippen LogP contribution in [-0.4, -0.2) is 42.3 Å². The van der Waals surface area contributed by atoms with E-state index in [4.69, 9.17) is 10.5 Å². The molecule has 2 heterocycles. The van der Waals surface area contributed by atoms with Crippen molar-refractivity contribution in [1.29, 1.82) is 0 Å². The topological polar surface area (TPSA) is 38.5 Å². The molecule has 0 spiro atoms. The number of likely N-dealkylation sites (tertiary alicyclic amines) is 1. The van der Waals surface area contributed by atoms with Crippen LogP contribution in [0.1, 0.15) is 52.4 Å². The van der Waals surface area contributed by atoms with Crippen molar-refractivity contribution in [1.82, 2.24) is 4.90 Å². The maximum Gasteiger partial charge on any atom is 0.0747 e. The summed E-state index contributed by atoms with van der Waals surface area (Å²) in [6, 6.07) is 1.18. The third-order valence-electron chi connectivity index (χ3n) is 4.51. The standard InChI is InChI=1S/C14H28N2O/c1-3-12-6-4-5-9-16(12)13(10-15)14-8-7-11(2)17-14/h11-14H,3-10,15H2,1-2H3.